The number of para-hydroxylation sites is 2. The second-order valence-electron chi connectivity index (χ2n) is 7.78. The van der Waals surface area contributed by atoms with E-state index in [-0.39, 0.29) is 0 Å². The van der Waals surface area contributed by atoms with Crippen molar-refractivity contribution in [1.82, 2.24) is 19.5 Å². The first kappa shape index (κ1) is 16.7. The molecule has 0 amide bonds. The largest absolute Gasteiger partial charge is 0.346 e. The van der Waals surface area contributed by atoms with Crippen LogP contribution in [-0.2, 0) is 19.4 Å². The summed E-state index contributed by atoms with van der Waals surface area (Å²) in [6.07, 6.45) is 7.03. The van der Waals surface area contributed by atoms with Crippen LogP contribution in [0.4, 0.5) is 5.82 Å². The van der Waals surface area contributed by atoms with E-state index in [2.05, 4.69) is 40.7 Å². The van der Waals surface area contributed by atoms with Crippen LogP contribution < -0.4 is 4.90 Å². The Morgan fingerprint density at radius 3 is 2.78 bits per heavy atom. The van der Waals surface area contributed by atoms with Crippen molar-refractivity contribution in [2.45, 2.75) is 65.0 Å². The average Bonchev–Trinajstić information content (AvgIpc) is 3.31. The fraction of sp³-hybridized carbons (Fsp3) is 0.500. The molecule has 1 fully saturated rings. The summed E-state index contributed by atoms with van der Waals surface area (Å²) in [4.78, 5) is 17.3. The summed E-state index contributed by atoms with van der Waals surface area (Å²) in [5.41, 5.74) is 5.00. The van der Waals surface area contributed by atoms with E-state index in [0.717, 1.165) is 43.7 Å². The zero-order chi connectivity index (χ0) is 18.4. The number of fused-ring (bicyclic) bond motifs is 2. The Labute approximate surface area is 160 Å². The molecule has 5 heteroatoms. The number of rotatable bonds is 3. The van der Waals surface area contributed by atoms with E-state index in [9.17, 15) is 0 Å². The molecule has 3 heterocycles. The third-order valence-electron chi connectivity index (χ3n) is 6.10. The van der Waals surface area contributed by atoms with Crippen LogP contribution in [0, 0.1) is 6.92 Å². The van der Waals surface area contributed by atoms with Crippen LogP contribution in [0.5, 0.6) is 0 Å². The normalized spacial score (nSPS) is 19.6. The highest BCUT2D eigenvalue weighted by Crippen LogP contribution is 2.39. The molecule has 0 bridgehead atoms. The molecule has 5 rings (SSSR count). The number of hydrogen-bond donors (Lipinski definition) is 0. The van der Waals surface area contributed by atoms with Gasteiger partial charge in [0.15, 0.2) is 0 Å². The minimum atomic E-state index is 0.303. The lowest BCUT2D eigenvalue weighted by molar-refractivity contribution is 0.595. The number of nitrogens with zero attached hydrogens (tertiary/aromatic N) is 5. The van der Waals surface area contributed by atoms with Crippen LogP contribution in [0.1, 0.15) is 61.6 Å². The molecule has 2 aliphatic rings. The van der Waals surface area contributed by atoms with E-state index in [1.165, 1.54) is 47.7 Å². The van der Waals surface area contributed by atoms with Gasteiger partial charge in [-0.25, -0.2) is 15.0 Å². The Hall–Kier alpha value is -2.43. The first-order valence-electron chi connectivity index (χ1n) is 10.3. The summed E-state index contributed by atoms with van der Waals surface area (Å²) in [7, 11) is 0. The minimum absolute atomic E-state index is 0.303. The molecule has 0 saturated carbocycles. The molecule has 1 unspecified atom stereocenters. The first-order chi connectivity index (χ1) is 13.3. The fourth-order valence-electron chi connectivity index (χ4n) is 4.90. The van der Waals surface area contributed by atoms with Crippen LogP contribution in [0.3, 0.4) is 0 Å². The van der Waals surface area contributed by atoms with Gasteiger partial charge in [0, 0.05) is 24.3 Å². The Morgan fingerprint density at radius 2 is 1.89 bits per heavy atom. The Bertz CT molecular complexity index is 990. The Kier molecular flexibility index (Phi) is 4.10. The highest BCUT2D eigenvalue weighted by Gasteiger charge is 2.33. The van der Waals surface area contributed by atoms with Crippen LogP contribution >= 0.6 is 0 Å². The van der Waals surface area contributed by atoms with Crippen molar-refractivity contribution in [2.24, 2.45) is 0 Å². The number of benzene rings is 1. The van der Waals surface area contributed by atoms with Crippen LogP contribution in [0.2, 0.25) is 0 Å². The van der Waals surface area contributed by atoms with E-state index >= 15 is 0 Å². The molecule has 1 saturated heterocycles. The minimum Gasteiger partial charge on any atom is -0.346 e. The van der Waals surface area contributed by atoms with E-state index in [1.54, 1.807) is 0 Å². The average molecular weight is 361 g/mol. The number of aromatic nitrogens is 4. The lowest BCUT2D eigenvalue weighted by Gasteiger charge is -2.30. The molecular weight excluding hydrogens is 334 g/mol. The Morgan fingerprint density at radius 1 is 1.04 bits per heavy atom. The quantitative estimate of drug-likeness (QED) is 0.695. The number of hydrogen-bond acceptors (Lipinski definition) is 4. The van der Waals surface area contributed by atoms with Crippen molar-refractivity contribution >= 4 is 16.9 Å². The number of aryl methyl sites for hydroxylation is 3. The molecule has 1 aromatic carbocycles. The fourth-order valence-corrected chi connectivity index (χ4v) is 4.90. The molecule has 1 aliphatic carbocycles. The predicted molar refractivity (Wildman–Crippen MR) is 108 cm³/mol. The SMILES string of the molecule is CCn1c(C2CCCN2c2nc(C)nc3c2CCCC3)nc2ccccc21. The van der Waals surface area contributed by atoms with Gasteiger partial charge in [0.05, 0.1) is 17.1 Å². The van der Waals surface area contributed by atoms with Gasteiger partial charge in [-0.05, 0) is 64.5 Å². The summed E-state index contributed by atoms with van der Waals surface area (Å²) in [5.74, 6) is 3.27. The maximum absolute atomic E-state index is 5.05. The molecule has 5 nitrogen and oxygen atoms in total. The van der Waals surface area contributed by atoms with E-state index < -0.39 is 0 Å². The van der Waals surface area contributed by atoms with Crippen molar-refractivity contribution in [1.29, 1.82) is 0 Å². The van der Waals surface area contributed by atoms with Gasteiger partial charge in [-0.1, -0.05) is 12.1 Å². The van der Waals surface area contributed by atoms with Gasteiger partial charge < -0.3 is 9.47 Å². The third kappa shape index (κ3) is 2.71. The topological polar surface area (TPSA) is 46.8 Å². The lowest BCUT2D eigenvalue weighted by atomic mass is 9.96. The van der Waals surface area contributed by atoms with Gasteiger partial charge in [-0.15, -0.1) is 0 Å². The van der Waals surface area contributed by atoms with Gasteiger partial charge >= 0.3 is 0 Å². The van der Waals surface area contributed by atoms with Crippen molar-refractivity contribution in [2.75, 3.05) is 11.4 Å². The maximum Gasteiger partial charge on any atom is 0.136 e. The zero-order valence-corrected chi connectivity index (χ0v) is 16.3. The molecule has 0 N–H and O–H groups in total. The van der Waals surface area contributed by atoms with Gasteiger partial charge in [-0.3, -0.25) is 0 Å². The molecular formula is C22H27N5. The van der Waals surface area contributed by atoms with Crippen molar-refractivity contribution in [3.05, 3.63) is 47.2 Å². The summed E-state index contributed by atoms with van der Waals surface area (Å²) in [5, 5.41) is 0. The van der Waals surface area contributed by atoms with Crippen molar-refractivity contribution in [3.63, 3.8) is 0 Å². The standard InChI is InChI=1S/C22H27N5/c1-3-26-19-12-7-6-11-18(19)25-22(26)20-13-8-14-27(20)21-16-9-4-5-10-17(16)23-15(2)24-21/h6-7,11-12,20H,3-5,8-10,13-14H2,1-2H3. The molecule has 0 spiro atoms. The van der Waals surface area contributed by atoms with E-state index in [0.29, 0.717) is 6.04 Å². The van der Waals surface area contributed by atoms with Gasteiger partial charge in [0.25, 0.3) is 0 Å². The molecule has 0 radical (unpaired) electrons. The molecule has 27 heavy (non-hydrogen) atoms. The van der Waals surface area contributed by atoms with Crippen molar-refractivity contribution < 1.29 is 0 Å². The van der Waals surface area contributed by atoms with Crippen LogP contribution in [-0.4, -0.2) is 26.1 Å². The van der Waals surface area contributed by atoms with E-state index in [4.69, 9.17) is 15.0 Å². The summed E-state index contributed by atoms with van der Waals surface area (Å²) >= 11 is 0. The highest BCUT2D eigenvalue weighted by molar-refractivity contribution is 5.76. The van der Waals surface area contributed by atoms with Crippen LogP contribution in [0.25, 0.3) is 11.0 Å². The van der Waals surface area contributed by atoms with E-state index in [1.807, 2.05) is 6.92 Å². The van der Waals surface area contributed by atoms with Crippen molar-refractivity contribution in [3.8, 4) is 0 Å². The number of anilines is 1. The monoisotopic (exact) mass is 361 g/mol. The summed E-state index contributed by atoms with van der Waals surface area (Å²) < 4.78 is 2.39. The third-order valence-corrected chi connectivity index (χ3v) is 6.10. The van der Waals surface area contributed by atoms with Gasteiger partial charge in [0.2, 0.25) is 0 Å². The molecule has 2 aromatic heterocycles. The predicted octanol–water partition coefficient (Wildman–Crippen LogP) is 4.37. The summed E-state index contributed by atoms with van der Waals surface area (Å²) in [6.45, 7) is 6.25. The summed E-state index contributed by atoms with van der Waals surface area (Å²) in [6, 6.07) is 8.80. The zero-order valence-electron chi connectivity index (χ0n) is 16.3. The van der Waals surface area contributed by atoms with Gasteiger partial charge in [-0.2, -0.15) is 0 Å². The van der Waals surface area contributed by atoms with Gasteiger partial charge in [0.1, 0.15) is 17.5 Å². The second kappa shape index (κ2) is 6.63. The molecule has 1 aliphatic heterocycles. The first-order valence-corrected chi connectivity index (χ1v) is 10.3. The smallest absolute Gasteiger partial charge is 0.136 e. The van der Waals surface area contributed by atoms with Crippen LogP contribution in [0.15, 0.2) is 24.3 Å². The lowest BCUT2D eigenvalue weighted by Crippen LogP contribution is -2.28. The maximum atomic E-state index is 5.05. The highest BCUT2D eigenvalue weighted by atomic mass is 15.3. The number of imidazole rings is 1. The molecule has 3 aromatic rings. The second-order valence-corrected chi connectivity index (χ2v) is 7.78. The molecule has 1 atom stereocenters. The molecule has 140 valence electrons. The Balaban J connectivity index is 1.62.